The number of hydrogen-bond acceptors (Lipinski definition) is 3. The minimum absolute atomic E-state index is 0.715. The molecule has 10 rings (SSSR count). The molecule has 51 heavy (non-hydrogen) atoms. The second-order valence-electron chi connectivity index (χ2n) is 13.0. The van der Waals surface area contributed by atoms with E-state index in [4.69, 9.17) is 9.97 Å². The number of rotatable bonds is 5. The topological polar surface area (TPSA) is 25.8 Å². The van der Waals surface area contributed by atoms with E-state index in [2.05, 4.69) is 176 Å². The minimum atomic E-state index is 0.715. The summed E-state index contributed by atoms with van der Waals surface area (Å²) in [5.74, 6) is 0.715. The molecule has 2 heterocycles. The molecular formula is C48H30N2S. The van der Waals surface area contributed by atoms with Crippen molar-refractivity contribution in [2.45, 2.75) is 0 Å². The lowest BCUT2D eigenvalue weighted by Crippen LogP contribution is -1.97. The summed E-state index contributed by atoms with van der Waals surface area (Å²) in [6, 6.07) is 65.1. The van der Waals surface area contributed by atoms with Crippen molar-refractivity contribution in [1.29, 1.82) is 0 Å². The standard InChI is InChI=1S/C48H30N2S/c1-2-14-33(15-3-1)43-30-44(50-48(49-43)41-21-10-17-32-13-6-7-18-39(32)41)38-28-36(35-25-24-31-12-4-5-16-34(31)26-35)27-37(29-38)40-20-11-23-46-47(40)42-19-8-9-22-45(42)51-46/h1-30H. The van der Waals surface area contributed by atoms with Crippen LogP contribution < -0.4 is 0 Å². The Morgan fingerprint density at radius 1 is 0.333 bits per heavy atom. The van der Waals surface area contributed by atoms with Crippen molar-refractivity contribution in [2.24, 2.45) is 0 Å². The van der Waals surface area contributed by atoms with Crippen LogP contribution in [0.15, 0.2) is 182 Å². The van der Waals surface area contributed by atoms with E-state index in [0.717, 1.165) is 44.6 Å². The number of nitrogens with zero attached hydrogens (tertiary/aromatic N) is 2. The van der Waals surface area contributed by atoms with Gasteiger partial charge in [-0.25, -0.2) is 9.97 Å². The number of aromatic nitrogens is 2. The fraction of sp³-hybridized carbons (Fsp3) is 0. The third-order valence-electron chi connectivity index (χ3n) is 9.85. The molecule has 0 bridgehead atoms. The van der Waals surface area contributed by atoms with Crippen molar-refractivity contribution in [3.8, 4) is 56.2 Å². The highest BCUT2D eigenvalue weighted by Crippen LogP contribution is 2.42. The molecule has 0 amide bonds. The fourth-order valence-corrected chi connectivity index (χ4v) is 8.51. The number of hydrogen-bond donors (Lipinski definition) is 0. The normalized spacial score (nSPS) is 11.5. The molecule has 0 saturated carbocycles. The van der Waals surface area contributed by atoms with Crippen LogP contribution in [-0.2, 0) is 0 Å². The van der Waals surface area contributed by atoms with Crippen LogP contribution in [0.1, 0.15) is 0 Å². The number of thiophene rings is 1. The van der Waals surface area contributed by atoms with Crippen LogP contribution in [-0.4, -0.2) is 9.97 Å². The zero-order valence-corrected chi connectivity index (χ0v) is 28.4. The molecule has 3 heteroatoms. The quantitative estimate of drug-likeness (QED) is 0.183. The highest BCUT2D eigenvalue weighted by Gasteiger charge is 2.17. The molecule has 0 radical (unpaired) electrons. The molecule has 0 spiro atoms. The Morgan fingerprint density at radius 2 is 0.961 bits per heavy atom. The van der Waals surface area contributed by atoms with E-state index in [9.17, 15) is 0 Å². The molecule has 0 fully saturated rings. The van der Waals surface area contributed by atoms with Crippen LogP contribution in [0.25, 0.3) is 97.9 Å². The molecule has 0 unspecified atom stereocenters. The molecule has 238 valence electrons. The lowest BCUT2D eigenvalue weighted by molar-refractivity contribution is 1.19. The van der Waals surface area contributed by atoms with Crippen LogP contribution in [0.4, 0.5) is 0 Å². The Bertz CT molecular complexity index is 2920. The van der Waals surface area contributed by atoms with Crippen LogP contribution in [0.2, 0.25) is 0 Å². The van der Waals surface area contributed by atoms with Crippen LogP contribution in [0.5, 0.6) is 0 Å². The molecule has 8 aromatic carbocycles. The molecule has 0 aliphatic carbocycles. The van der Waals surface area contributed by atoms with Gasteiger partial charge in [0, 0.05) is 36.9 Å². The summed E-state index contributed by atoms with van der Waals surface area (Å²) in [5.41, 5.74) is 9.62. The van der Waals surface area contributed by atoms with E-state index >= 15 is 0 Å². The van der Waals surface area contributed by atoms with Gasteiger partial charge in [-0.15, -0.1) is 11.3 Å². The third-order valence-corrected chi connectivity index (χ3v) is 11.0. The molecule has 2 nitrogen and oxygen atoms in total. The average molecular weight is 667 g/mol. The van der Waals surface area contributed by atoms with Crippen LogP contribution in [0, 0.1) is 0 Å². The Balaban J connectivity index is 1.25. The molecule has 0 aliphatic heterocycles. The lowest BCUT2D eigenvalue weighted by Gasteiger charge is -2.15. The van der Waals surface area contributed by atoms with Gasteiger partial charge >= 0.3 is 0 Å². The average Bonchev–Trinajstić information content (AvgIpc) is 3.59. The Labute approximate surface area is 300 Å². The zero-order valence-electron chi connectivity index (χ0n) is 27.6. The van der Waals surface area contributed by atoms with Crippen molar-refractivity contribution < 1.29 is 0 Å². The maximum atomic E-state index is 5.36. The summed E-state index contributed by atoms with van der Waals surface area (Å²) in [5, 5.41) is 7.34. The third kappa shape index (κ3) is 5.27. The van der Waals surface area contributed by atoms with Crippen molar-refractivity contribution in [3.63, 3.8) is 0 Å². The summed E-state index contributed by atoms with van der Waals surface area (Å²) >= 11 is 1.85. The van der Waals surface area contributed by atoms with Gasteiger partial charge in [-0.1, -0.05) is 140 Å². The predicted octanol–water partition coefficient (Wildman–Crippen LogP) is 13.5. The number of fused-ring (bicyclic) bond motifs is 5. The van der Waals surface area contributed by atoms with Gasteiger partial charge in [0.25, 0.3) is 0 Å². The largest absolute Gasteiger partial charge is 0.228 e. The van der Waals surface area contributed by atoms with Crippen molar-refractivity contribution in [1.82, 2.24) is 9.97 Å². The molecule has 0 aliphatic rings. The SMILES string of the molecule is c1ccc(-c2cc(-c3cc(-c4ccc5ccccc5c4)cc(-c4cccc5sc6ccccc6c45)c3)nc(-c3cccc4ccccc34)n2)cc1. The van der Waals surface area contributed by atoms with Gasteiger partial charge in [0.05, 0.1) is 11.4 Å². The van der Waals surface area contributed by atoms with E-state index in [1.165, 1.54) is 47.5 Å². The minimum Gasteiger partial charge on any atom is -0.228 e. The van der Waals surface area contributed by atoms with E-state index < -0.39 is 0 Å². The van der Waals surface area contributed by atoms with E-state index in [1.807, 2.05) is 17.4 Å². The highest BCUT2D eigenvalue weighted by molar-refractivity contribution is 7.25. The highest BCUT2D eigenvalue weighted by atomic mass is 32.1. The molecule has 0 saturated heterocycles. The Hall–Kier alpha value is -6.42. The summed E-state index contributed by atoms with van der Waals surface area (Å²) < 4.78 is 2.59. The molecule has 10 aromatic rings. The van der Waals surface area contributed by atoms with E-state index in [1.54, 1.807) is 0 Å². The van der Waals surface area contributed by atoms with Gasteiger partial charge in [0.2, 0.25) is 0 Å². The van der Waals surface area contributed by atoms with Crippen molar-refractivity contribution in [3.05, 3.63) is 182 Å². The first kappa shape index (κ1) is 29.5. The first-order valence-corrected chi connectivity index (χ1v) is 18.0. The van der Waals surface area contributed by atoms with Crippen LogP contribution >= 0.6 is 11.3 Å². The number of benzene rings is 8. The van der Waals surface area contributed by atoms with Gasteiger partial charge in [-0.2, -0.15) is 0 Å². The Morgan fingerprint density at radius 3 is 1.84 bits per heavy atom. The van der Waals surface area contributed by atoms with Crippen molar-refractivity contribution in [2.75, 3.05) is 0 Å². The fourth-order valence-electron chi connectivity index (χ4n) is 7.37. The summed E-state index contributed by atoms with van der Waals surface area (Å²) in [7, 11) is 0. The van der Waals surface area contributed by atoms with Crippen LogP contribution in [0.3, 0.4) is 0 Å². The van der Waals surface area contributed by atoms with Gasteiger partial charge in [0.15, 0.2) is 5.82 Å². The first-order chi connectivity index (χ1) is 25.2. The maximum Gasteiger partial charge on any atom is 0.161 e. The lowest BCUT2D eigenvalue weighted by atomic mass is 9.92. The van der Waals surface area contributed by atoms with Gasteiger partial charge in [0.1, 0.15) is 0 Å². The summed E-state index contributed by atoms with van der Waals surface area (Å²) in [6.45, 7) is 0. The molecule has 0 atom stereocenters. The predicted molar refractivity (Wildman–Crippen MR) is 217 cm³/mol. The Kier molecular flexibility index (Phi) is 7.04. The first-order valence-electron chi connectivity index (χ1n) is 17.2. The second-order valence-corrected chi connectivity index (χ2v) is 14.1. The van der Waals surface area contributed by atoms with Gasteiger partial charge in [-0.05, 0) is 86.3 Å². The molecule has 0 N–H and O–H groups in total. The molecular weight excluding hydrogens is 637 g/mol. The maximum absolute atomic E-state index is 5.36. The zero-order chi connectivity index (χ0) is 33.7. The molecule has 2 aromatic heterocycles. The second kappa shape index (κ2) is 12.2. The smallest absolute Gasteiger partial charge is 0.161 e. The summed E-state index contributed by atoms with van der Waals surface area (Å²) in [4.78, 5) is 10.6. The van der Waals surface area contributed by atoms with Gasteiger partial charge < -0.3 is 0 Å². The van der Waals surface area contributed by atoms with Gasteiger partial charge in [-0.3, -0.25) is 0 Å². The van der Waals surface area contributed by atoms with Crippen molar-refractivity contribution >= 4 is 53.1 Å². The van der Waals surface area contributed by atoms with E-state index in [0.29, 0.717) is 5.82 Å². The summed E-state index contributed by atoms with van der Waals surface area (Å²) in [6.07, 6.45) is 0. The van der Waals surface area contributed by atoms with E-state index in [-0.39, 0.29) is 0 Å². The monoisotopic (exact) mass is 666 g/mol.